The zero-order valence-corrected chi connectivity index (χ0v) is 9.15. The van der Waals surface area contributed by atoms with E-state index in [1.165, 1.54) is 0 Å². The summed E-state index contributed by atoms with van der Waals surface area (Å²) in [6.07, 6.45) is 4.08. The molecule has 0 aromatic heterocycles. The van der Waals surface area contributed by atoms with Gasteiger partial charge in [0.15, 0.2) is 0 Å². The minimum Gasteiger partial charge on any atom is -0.409 e. The summed E-state index contributed by atoms with van der Waals surface area (Å²) in [6.45, 7) is 2.56. The lowest BCUT2D eigenvalue weighted by Gasteiger charge is -2.21. The predicted molar refractivity (Wildman–Crippen MR) is 57.7 cm³/mol. The van der Waals surface area contributed by atoms with Gasteiger partial charge in [0.25, 0.3) is 0 Å². The number of hydrogen-bond donors (Lipinski definition) is 2. The van der Waals surface area contributed by atoms with Crippen LogP contribution in [0.5, 0.6) is 0 Å². The highest BCUT2D eigenvalue weighted by molar-refractivity contribution is 5.81. The average molecular weight is 213 g/mol. The van der Waals surface area contributed by atoms with Crippen LogP contribution in [-0.2, 0) is 4.79 Å². The molecule has 1 aliphatic rings. The Kier molecular flexibility index (Phi) is 4.39. The smallest absolute Gasteiger partial charge is 0.222 e. The molecule has 0 atom stereocenters. The number of hydrogen-bond acceptors (Lipinski definition) is 3. The maximum absolute atomic E-state index is 11.7. The number of nitrogens with zero attached hydrogens (tertiary/aromatic N) is 2. The van der Waals surface area contributed by atoms with Crippen LogP contribution in [0.4, 0.5) is 0 Å². The Bertz CT molecular complexity index is 249. The first-order valence-electron chi connectivity index (χ1n) is 5.45. The topological polar surface area (TPSA) is 78.9 Å². The van der Waals surface area contributed by atoms with Gasteiger partial charge in [-0.2, -0.15) is 0 Å². The zero-order valence-electron chi connectivity index (χ0n) is 9.15. The van der Waals surface area contributed by atoms with Crippen molar-refractivity contribution in [3.63, 3.8) is 0 Å². The number of amides is 1. The summed E-state index contributed by atoms with van der Waals surface area (Å²) >= 11 is 0. The first-order chi connectivity index (χ1) is 7.19. The van der Waals surface area contributed by atoms with E-state index < -0.39 is 0 Å². The molecule has 0 aromatic carbocycles. The van der Waals surface area contributed by atoms with Crippen LogP contribution in [0.15, 0.2) is 5.16 Å². The molecule has 0 saturated heterocycles. The molecule has 0 unspecified atom stereocenters. The van der Waals surface area contributed by atoms with Crippen LogP contribution in [0, 0.1) is 0 Å². The minimum atomic E-state index is 0.185. The fourth-order valence-electron chi connectivity index (χ4n) is 1.54. The third-order valence-electron chi connectivity index (χ3n) is 2.51. The second-order valence-corrected chi connectivity index (χ2v) is 3.91. The Hall–Kier alpha value is -1.26. The van der Waals surface area contributed by atoms with E-state index in [2.05, 4.69) is 5.16 Å². The van der Waals surface area contributed by atoms with Crippen molar-refractivity contribution in [2.45, 2.75) is 45.1 Å². The van der Waals surface area contributed by atoms with Gasteiger partial charge in [-0.25, -0.2) is 0 Å². The Morgan fingerprint density at radius 3 is 2.67 bits per heavy atom. The van der Waals surface area contributed by atoms with E-state index in [-0.39, 0.29) is 11.7 Å². The standard InChI is InChI=1S/C10H19N3O2/c1-2-3-10(14)13(8-4-5-8)7-6-9(11)12-15/h8,15H,2-7H2,1H3,(H2,11,12). The zero-order chi connectivity index (χ0) is 11.3. The van der Waals surface area contributed by atoms with Gasteiger partial charge in [-0.05, 0) is 19.3 Å². The van der Waals surface area contributed by atoms with Crippen molar-refractivity contribution in [2.24, 2.45) is 10.9 Å². The summed E-state index contributed by atoms with van der Waals surface area (Å²) in [6, 6.07) is 0.399. The van der Waals surface area contributed by atoms with Crippen molar-refractivity contribution in [2.75, 3.05) is 6.54 Å². The number of nitrogens with two attached hydrogens (primary N) is 1. The van der Waals surface area contributed by atoms with E-state index in [1.807, 2.05) is 11.8 Å². The van der Waals surface area contributed by atoms with Crippen LogP contribution in [0.3, 0.4) is 0 Å². The third-order valence-corrected chi connectivity index (χ3v) is 2.51. The molecule has 0 heterocycles. The fraction of sp³-hybridized carbons (Fsp3) is 0.800. The monoisotopic (exact) mass is 213 g/mol. The van der Waals surface area contributed by atoms with Gasteiger partial charge in [0.1, 0.15) is 5.84 Å². The van der Waals surface area contributed by atoms with E-state index in [0.717, 1.165) is 19.3 Å². The van der Waals surface area contributed by atoms with Gasteiger partial charge >= 0.3 is 0 Å². The molecule has 0 aromatic rings. The van der Waals surface area contributed by atoms with Crippen molar-refractivity contribution < 1.29 is 10.0 Å². The SMILES string of the molecule is CCCC(=O)N(CCC(N)=NO)C1CC1. The normalized spacial score (nSPS) is 16.5. The summed E-state index contributed by atoms with van der Waals surface area (Å²) < 4.78 is 0. The lowest BCUT2D eigenvalue weighted by molar-refractivity contribution is -0.131. The van der Waals surface area contributed by atoms with Crippen molar-refractivity contribution in [3.8, 4) is 0 Å². The lowest BCUT2D eigenvalue weighted by Crippen LogP contribution is -2.35. The van der Waals surface area contributed by atoms with Crippen LogP contribution in [0.1, 0.15) is 39.0 Å². The maximum Gasteiger partial charge on any atom is 0.222 e. The highest BCUT2D eigenvalue weighted by Crippen LogP contribution is 2.27. The molecule has 0 spiro atoms. The summed E-state index contributed by atoms with van der Waals surface area (Å²) in [4.78, 5) is 13.6. The van der Waals surface area contributed by atoms with E-state index in [4.69, 9.17) is 10.9 Å². The Labute approximate surface area is 89.9 Å². The number of oxime groups is 1. The van der Waals surface area contributed by atoms with Gasteiger partial charge in [-0.3, -0.25) is 4.79 Å². The van der Waals surface area contributed by atoms with Gasteiger partial charge in [0, 0.05) is 25.4 Å². The van der Waals surface area contributed by atoms with Crippen LogP contribution < -0.4 is 5.73 Å². The Morgan fingerprint density at radius 2 is 2.20 bits per heavy atom. The Balaban J connectivity index is 2.40. The van der Waals surface area contributed by atoms with Crippen molar-refractivity contribution >= 4 is 11.7 Å². The molecular formula is C10H19N3O2. The van der Waals surface area contributed by atoms with Gasteiger partial charge in [0.2, 0.25) is 5.91 Å². The van der Waals surface area contributed by atoms with E-state index >= 15 is 0 Å². The van der Waals surface area contributed by atoms with Gasteiger partial charge in [-0.15, -0.1) is 0 Å². The minimum absolute atomic E-state index is 0.185. The molecule has 15 heavy (non-hydrogen) atoms. The van der Waals surface area contributed by atoms with Crippen LogP contribution in [0.25, 0.3) is 0 Å². The van der Waals surface area contributed by atoms with E-state index in [1.54, 1.807) is 0 Å². The molecule has 3 N–H and O–H groups in total. The molecule has 0 radical (unpaired) electrons. The second-order valence-electron chi connectivity index (χ2n) is 3.91. The maximum atomic E-state index is 11.7. The van der Waals surface area contributed by atoms with Crippen LogP contribution in [0.2, 0.25) is 0 Å². The fourth-order valence-corrected chi connectivity index (χ4v) is 1.54. The molecule has 1 saturated carbocycles. The summed E-state index contributed by atoms with van der Waals surface area (Å²) in [5.74, 6) is 0.371. The van der Waals surface area contributed by atoms with Gasteiger partial charge < -0.3 is 15.8 Å². The molecule has 86 valence electrons. The highest BCUT2D eigenvalue weighted by Gasteiger charge is 2.31. The third kappa shape index (κ3) is 3.77. The summed E-state index contributed by atoms with van der Waals surface area (Å²) in [7, 11) is 0. The lowest BCUT2D eigenvalue weighted by atomic mass is 10.2. The first kappa shape index (κ1) is 11.8. The van der Waals surface area contributed by atoms with Crippen molar-refractivity contribution in [1.82, 2.24) is 4.90 Å². The molecule has 1 amide bonds. The van der Waals surface area contributed by atoms with Crippen LogP contribution >= 0.6 is 0 Å². The molecule has 1 rings (SSSR count). The molecule has 0 bridgehead atoms. The van der Waals surface area contributed by atoms with Crippen LogP contribution in [-0.4, -0.2) is 34.4 Å². The number of amidine groups is 1. The molecule has 5 nitrogen and oxygen atoms in total. The summed E-state index contributed by atoms with van der Waals surface area (Å²) in [5.41, 5.74) is 5.38. The molecule has 5 heteroatoms. The number of carbonyl (C=O) groups is 1. The summed E-state index contributed by atoms with van der Waals surface area (Å²) in [5, 5.41) is 11.3. The average Bonchev–Trinajstić information content (AvgIpc) is 3.02. The molecule has 0 aliphatic heterocycles. The van der Waals surface area contributed by atoms with Crippen molar-refractivity contribution in [1.29, 1.82) is 0 Å². The van der Waals surface area contributed by atoms with E-state index in [0.29, 0.717) is 25.4 Å². The van der Waals surface area contributed by atoms with Gasteiger partial charge in [0.05, 0.1) is 0 Å². The molecular weight excluding hydrogens is 194 g/mol. The Morgan fingerprint density at radius 1 is 1.53 bits per heavy atom. The molecule has 1 fully saturated rings. The predicted octanol–water partition coefficient (Wildman–Crippen LogP) is 0.914. The largest absolute Gasteiger partial charge is 0.409 e. The van der Waals surface area contributed by atoms with Gasteiger partial charge in [-0.1, -0.05) is 12.1 Å². The number of rotatable bonds is 6. The van der Waals surface area contributed by atoms with Crippen molar-refractivity contribution in [3.05, 3.63) is 0 Å². The van der Waals surface area contributed by atoms with E-state index in [9.17, 15) is 4.79 Å². The highest BCUT2D eigenvalue weighted by atomic mass is 16.4. The quantitative estimate of drug-likeness (QED) is 0.298. The first-order valence-corrected chi connectivity index (χ1v) is 5.45. The molecule has 1 aliphatic carbocycles. The second kappa shape index (κ2) is 5.58. The number of carbonyl (C=O) groups excluding carboxylic acids is 1.